The van der Waals surface area contributed by atoms with Gasteiger partial charge in [0.05, 0.1) is 10.8 Å². The van der Waals surface area contributed by atoms with E-state index in [0.717, 1.165) is 44.3 Å². The van der Waals surface area contributed by atoms with E-state index in [1.165, 1.54) is 23.8 Å². The number of hydrogen-bond donors (Lipinski definition) is 3. The van der Waals surface area contributed by atoms with Crippen molar-refractivity contribution in [3.05, 3.63) is 89.9 Å². The second kappa shape index (κ2) is 8.96. The van der Waals surface area contributed by atoms with Crippen molar-refractivity contribution in [1.29, 1.82) is 0 Å². The van der Waals surface area contributed by atoms with Gasteiger partial charge in [-0.1, -0.05) is 71.3 Å². The summed E-state index contributed by atoms with van der Waals surface area (Å²) >= 11 is 6.11. The van der Waals surface area contributed by atoms with Crippen LogP contribution in [0, 0.1) is 13.8 Å². The van der Waals surface area contributed by atoms with Gasteiger partial charge in [0.2, 0.25) is 0 Å². The maximum atomic E-state index is 6.11. The Kier molecular flexibility index (Phi) is 5.69. The Morgan fingerprint density at radius 1 is 0.647 bits per heavy atom. The molecule has 0 atom stereocenters. The van der Waals surface area contributed by atoms with Gasteiger partial charge in [0.25, 0.3) is 0 Å². The van der Waals surface area contributed by atoms with Crippen molar-refractivity contribution in [3.8, 4) is 22.3 Å². The van der Waals surface area contributed by atoms with Crippen molar-refractivity contribution in [1.82, 2.24) is 29.9 Å². The Labute approximate surface area is 201 Å². The number of H-pyrrole nitrogens is 2. The van der Waals surface area contributed by atoms with Crippen LogP contribution in [0.4, 0.5) is 5.82 Å². The van der Waals surface area contributed by atoms with E-state index in [0.29, 0.717) is 11.0 Å². The maximum Gasteiger partial charge on any atom is 0.143 e. The number of rotatable bonds is 2. The second-order valence-corrected chi connectivity index (χ2v) is 8.37. The van der Waals surface area contributed by atoms with Gasteiger partial charge >= 0.3 is 0 Å². The molecule has 7 nitrogen and oxygen atoms in total. The van der Waals surface area contributed by atoms with Crippen molar-refractivity contribution in [2.24, 2.45) is 0 Å². The Morgan fingerprint density at radius 3 is 1.68 bits per heavy atom. The lowest BCUT2D eigenvalue weighted by atomic mass is 10.0. The number of nitrogens with two attached hydrogens (primary N) is 1. The molecular formula is C26H22ClN7. The summed E-state index contributed by atoms with van der Waals surface area (Å²) in [4.78, 5) is 22.6. The first-order valence-electron chi connectivity index (χ1n) is 10.7. The summed E-state index contributed by atoms with van der Waals surface area (Å²) in [5.74, 6) is 0.506. The van der Waals surface area contributed by atoms with E-state index >= 15 is 0 Å². The van der Waals surface area contributed by atoms with Crippen LogP contribution >= 0.6 is 11.6 Å². The Morgan fingerprint density at radius 2 is 1.12 bits per heavy atom. The number of aromatic amines is 2. The maximum absolute atomic E-state index is 6.11. The van der Waals surface area contributed by atoms with E-state index in [1.807, 2.05) is 12.4 Å². The van der Waals surface area contributed by atoms with Crippen molar-refractivity contribution in [3.63, 3.8) is 0 Å². The van der Waals surface area contributed by atoms with Crippen molar-refractivity contribution in [2.45, 2.75) is 13.8 Å². The minimum Gasteiger partial charge on any atom is -0.383 e. The molecule has 34 heavy (non-hydrogen) atoms. The Hall–Kier alpha value is -4.23. The summed E-state index contributed by atoms with van der Waals surface area (Å²) in [5.41, 5.74) is 14.2. The lowest BCUT2D eigenvalue weighted by Gasteiger charge is -2.01. The summed E-state index contributed by atoms with van der Waals surface area (Å²) in [6.07, 6.45) is 6.75. The summed E-state index contributed by atoms with van der Waals surface area (Å²) in [6.45, 7) is 4.13. The molecule has 6 aromatic rings. The molecule has 0 aliphatic heterocycles. The zero-order chi connectivity index (χ0) is 23.7. The van der Waals surface area contributed by atoms with Crippen LogP contribution < -0.4 is 5.73 Å². The molecule has 0 fully saturated rings. The standard InChI is InChI=1S/C13H10ClN3.C13H12N4/c2*1-8-2-4-9(5-3-8)10-6-15-13-11(10)12(14)16-7-17-13/h2-7H,1H3,(H,15,16,17);2-7H,1H3,(H3,14,15,16,17). The SMILES string of the molecule is Cc1ccc(-c2c[nH]c3ncnc(Cl)c23)cc1.Cc1ccc(-c2c[nH]c3ncnc(N)c23)cc1. The van der Waals surface area contributed by atoms with Crippen molar-refractivity contribution in [2.75, 3.05) is 5.73 Å². The van der Waals surface area contributed by atoms with Gasteiger partial charge in [0, 0.05) is 23.5 Å². The van der Waals surface area contributed by atoms with E-state index in [1.54, 1.807) is 0 Å². The van der Waals surface area contributed by atoms with Crippen LogP contribution in [-0.2, 0) is 0 Å². The molecule has 0 saturated carbocycles. The molecule has 4 heterocycles. The Bertz CT molecular complexity index is 1460. The highest BCUT2D eigenvalue weighted by Gasteiger charge is 2.11. The fourth-order valence-corrected chi connectivity index (χ4v) is 4.07. The molecule has 8 heteroatoms. The first kappa shape index (κ1) is 21.6. The molecule has 4 aromatic heterocycles. The van der Waals surface area contributed by atoms with Crippen LogP contribution in [0.5, 0.6) is 0 Å². The van der Waals surface area contributed by atoms with Crippen molar-refractivity contribution < 1.29 is 0 Å². The van der Waals surface area contributed by atoms with E-state index in [2.05, 4.69) is 92.3 Å². The molecule has 0 aliphatic rings. The largest absolute Gasteiger partial charge is 0.383 e. The molecular weight excluding hydrogens is 446 g/mol. The third kappa shape index (κ3) is 4.09. The molecule has 0 spiro atoms. The number of hydrogen-bond acceptors (Lipinski definition) is 5. The van der Waals surface area contributed by atoms with Crippen molar-refractivity contribution >= 4 is 39.5 Å². The molecule has 4 N–H and O–H groups in total. The normalized spacial score (nSPS) is 10.9. The number of nitrogens with zero attached hydrogens (tertiary/aromatic N) is 4. The van der Waals surface area contributed by atoms with Gasteiger partial charge in [-0.05, 0) is 25.0 Å². The van der Waals surface area contributed by atoms with Crippen LogP contribution in [0.25, 0.3) is 44.3 Å². The van der Waals surface area contributed by atoms with Gasteiger partial charge in [-0.3, -0.25) is 0 Å². The molecule has 0 saturated heterocycles. The van der Waals surface area contributed by atoms with E-state index < -0.39 is 0 Å². The molecule has 2 aromatic carbocycles. The lowest BCUT2D eigenvalue weighted by Crippen LogP contribution is -1.92. The predicted molar refractivity (Wildman–Crippen MR) is 138 cm³/mol. The van der Waals surface area contributed by atoms with Gasteiger partial charge in [0.15, 0.2) is 0 Å². The number of benzene rings is 2. The van der Waals surface area contributed by atoms with Gasteiger partial charge in [-0.15, -0.1) is 0 Å². The monoisotopic (exact) mass is 467 g/mol. The minimum absolute atomic E-state index is 0.479. The van der Waals surface area contributed by atoms with E-state index in [-0.39, 0.29) is 0 Å². The number of aromatic nitrogens is 6. The number of nitrogen functional groups attached to an aromatic ring is 1. The van der Waals surface area contributed by atoms with Crippen LogP contribution in [-0.4, -0.2) is 29.9 Å². The zero-order valence-corrected chi connectivity index (χ0v) is 19.4. The van der Waals surface area contributed by atoms with Crippen LogP contribution in [0.1, 0.15) is 11.1 Å². The number of anilines is 1. The van der Waals surface area contributed by atoms with Crippen LogP contribution in [0.3, 0.4) is 0 Å². The molecule has 0 amide bonds. The average molecular weight is 468 g/mol. The minimum atomic E-state index is 0.479. The summed E-state index contributed by atoms with van der Waals surface area (Å²) < 4.78 is 0. The first-order valence-corrected chi connectivity index (χ1v) is 11.1. The van der Waals surface area contributed by atoms with Gasteiger partial charge in [0.1, 0.15) is 34.9 Å². The summed E-state index contributed by atoms with van der Waals surface area (Å²) in [5, 5.41) is 2.24. The van der Waals surface area contributed by atoms with Crippen LogP contribution in [0.2, 0.25) is 5.15 Å². The molecule has 0 unspecified atom stereocenters. The van der Waals surface area contributed by atoms with Gasteiger partial charge < -0.3 is 15.7 Å². The molecule has 0 bridgehead atoms. The molecule has 168 valence electrons. The highest BCUT2D eigenvalue weighted by molar-refractivity contribution is 6.35. The quantitative estimate of drug-likeness (QED) is 0.266. The number of nitrogens with one attached hydrogen (secondary N) is 2. The first-order chi connectivity index (χ1) is 16.5. The predicted octanol–water partition coefficient (Wildman–Crippen LogP) is 6.10. The second-order valence-electron chi connectivity index (χ2n) is 8.01. The summed E-state index contributed by atoms with van der Waals surface area (Å²) in [6, 6.07) is 16.6. The Balaban J connectivity index is 0.000000142. The third-order valence-corrected chi connectivity index (χ3v) is 5.93. The van der Waals surface area contributed by atoms with Crippen LogP contribution in [0.15, 0.2) is 73.6 Å². The van der Waals surface area contributed by atoms with E-state index in [4.69, 9.17) is 17.3 Å². The topological polar surface area (TPSA) is 109 Å². The number of aryl methyl sites for hydroxylation is 2. The highest BCUT2D eigenvalue weighted by Crippen LogP contribution is 2.32. The molecule has 0 aliphatic carbocycles. The average Bonchev–Trinajstić information content (AvgIpc) is 3.47. The zero-order valence-electron chi connectivity index (χ0n) is 18.7. The third-order valence-electron chi connectivity index (χ3n) is 5.65. The lowest BCUT2D eigenvalue weighted by molar-refractivity contribution is 1.20. The van der Waals surface area contributed by atoms with Gasteiger partial charge in [-0.25, -0.2) is 19.9 Å². The molecule has 6 rings (SSSR count). The summed E-state index contributed by atoms with van der Waals surface area (Å²) in [7, 11) is 0. The highest BCUT2D eigenvalue weighted by atomic mass is 35.5. The number of halogens is 1. The fraction of sp³-hybridized carbons (Fsp3) is 0.0769. The number of fused-ring (bicyclic) bond motifs is 2. The molecule has 0 radical (unpaired) electrons. The van der Waals surface area contributed by atoms with E-state index in [9.17, 15) is 0 Å². The van der Waals surface area contributed by atoms with Gasteiger partial charge in [-0.2, -0.15) is 0 Å². The smallest absolute Gasteiger partial charge is 0.143 e. The fourth-order valence-electron chi connectivity index (χ4n) is 3.83.